The maximum Gasteiger partial charge on any atom is 0.200 e. The molecular formula is C10H13F2NO2. The molecule has 0 amide bonds. The lowest BCUT2D eigenvalue weighted by Crippen LogP contribution is -2.25. The fourth-order valence-corrected chi connectivity index (χ4v) is 1.22. The zero-order valence-corrected chi connectivity index (χ0v) is 8.50. The van der Waals surface area contributed by atoms with E-state index in [4.69, 9.17) is 5.73 Å². The minimum atomic E-state index is -1.23. The van der Waals surface area contributed by atoms with Gasteiger partial charge in [-0.2, -0.15) is 4.39 Å². The van der Waals surface area contributed by atoms with Gasteiger partial charge in [0, 0.05) is 11.6 Å². The molecule has 0 aliphatic heterocycles. The number of aliphatic hydroxyl groups is 1. The molecule has 2 unspecified atom stereocenters. The SMILES string of the molecule is COc1ccc(C(O)C(C)N)c(F)c1F. The van der Waals surface area contributed by atoms with E-state index in [1.807, 2.05) is 0 Å². The Kier molecular flexibility index (Phi) is 3.60. The molecule has 0 saturated heterocycles. The van der Waals surface area contributed by atoms with Crippen molar-refractivity contribution < 1.29 is 18.6 Å². The van der Waals surface area contributed by atoms with Gasteiger partial charge >= 0.3 is 0 Å². The van der Waals surface area contributed by atoms with E-state index in [-0.39, 0.29) is 11.3 Å². The number of benzene rings is 1. The minimum Gasteiger partial charge on any atom is -0.494 e. The summed E-state index contributed by atoms with van der Waals surface area (Å²) in [5, 5.41) is 9.49. The largest absolute Gasteiger partial charge is 0.494 e. The average molecular weight is 217 g/mol. The summed E-state index contributed by atoms with van der Waals surface area (Å²) in [7, 11) is 1.24. The third kappa shape index (κ3) is 2.24. The normalized spacial score (nSPS) is 14.8. The molecule has 0 spiro atoms. The first kappa shape index (κ1) is 11.9. The van der Waals surface area contributed by atoms with Gasteiger partial charge in [0.05, 0.1) is 13.2 Å². The van der Waals surface area contributed by atoms with Crippen LogP contribution in [-0.4, -0.2) is 18.3 Å². The summed E-state index contributed by atoms with van der Waals surface area (Å²) in [5.41, 5.74) is 5.22. The summed E-state index contributed by atoms with van der Waals surface area (Å²) in [5.74, 6) is -2.44. The Morgan fingerprint density at radius 3 is 2.40 bits per heavy atom. The fraction of sp³-hybridized carbons (Fsp3) is 0.400. The number of halogens is 2. The molecule has 3 N–H and O–H groups in total. The van der Waals surface area contributed by atoms with E-state index in [2.05, 4.69) is 4.74 Å². The molecule has 1 rings (SSSR count). The molecule has 5 heteroatoms. The van der Waals surface area contributed by atoms with Crippen molar-refractivity contribution >= 4 is 0 Å². The van der Waals surface area contributed by atoms with Crippen molar-refractivity contribution in [3.05, 3.63) is 29.3 Å². The Labute approximate surface area is 86.5 Å². The van der Waals surface area contributed by atoms with Crippen LogP contribution >= 0.6 is 0 Å². The standard InChI is InChI=1S/C10H13F2NO2/c1-5(13)10(14)6-3-4-7(15-2)9(12)8(6)11/h3-5,10,14H,13H2,1-2H3. The molecule has 0 aromatic heterocycles. The molecule has 0 saturated carbocycles. The number of ether oxygens (including phenoxy) is 1. The molecule has 84 valence electrons. The van der Waals surface area contributed by atoms with Crippen molar-refractivity contribution in [3.8, 4) is 5.75 Å². The van der Waals surface area contributed by atoms with E-state index in [1.54, 1.807) is 0 Å². The molecular weight excluding hydrogens is 204 g/mol. The molecule has 0 heterocycles. The van der Waals surface area contributed by atoms with Gasteiger partial charge in [-0.3, -0.25) is 0 Å². The highest BCUT2D eigenvalue weighted by Crippen LogP contribution is 2.27. The molecule has 0 bridgehead atoms. The van der Waals surface area contributed by atoms with Crippen LogP contribution in [-0.2, 0) is 0 Å². The van der Waals surface area contributed by atoms with Gasteiger partial charge in [-0.05, 0) is 19.1 Å². The number of methoxy groups -OCH3 is 1. The summed E-state index contributed by atoms with van der Waals surface area (Å²) in [6.07, 6.45) is -1.23. The third-order valence-corrected chi connectivity index (χ3v) is 2.11. The Balaban J connectivity index is 3.17. The molecule has 0 aliphatic carbocycles. The fourth-order valence-electron chi connectivity index (χ4n) is 1.22. The van der Waals surface area contributed by atoms with Gasteiger partial charge in [-0.25, -0.2) is 4.39 Å². The first-order valence-corrected chi connectivity index (χ1v) is 4.44. The van der Waals surface area contributed by atoms with Crippen molar-refractivity contribution in [2.75, 3.05) is 7.11 Å². The number of rotatable bonds is 3. The van der Waals surface area contributed by atoms with Gasteiger partial charge in [0.1, 0.15) is 0 Å². The maximum absolute atomic E-state index is 13.4. The number of aliphatic hydroxyl groups excluding tert-OH is 1. The quantitative estimate of drug-likeness (QED) is 0.803. The van der Waals surface area contributed by atoms with Crippen molar-refractivity contribution in [2.24, 2.45) is 5.73 Å². The molecule has 1 aromatic carbocycles. The maximum atomic E-state index is 13.4. The molecule has 0 fully saturated rings. The van der Waals surface area contributed by atoms with Crippen LogP contribution in [0.2, 0.25) is 0 Å². The number of hydrogen-bond acceptors (Lipinski definition) is 3. The zero-order valence-electron chi connectivity index (χ0n) is 8.50. The summed E-state index contributed by atoms with van der Waals surface area (Å²) in [6, 6.07) is 1.83. The Hall–Kier alpha value is -1.20. The second-order valence-electron chi connectivity index (χ2n) is 3.29. The van der Waals surface area contributed by atoms with Gasteiger partial charge in [0.2, 0.25) is 5.82 Å². The van der Waals surface area contributed by atoms with E-state index in [0.29, 0.717) is 0 Å². The van der Waals surface area contributed by atoms with E-state index in [1.165, 1.54) is 26.2 Å². The summed E-state index contributed by atoms with van der Waals surface area (Å²) < 4.78 is 31.2. The number of nitrogens with two attached hydrogens (primary N) is 1. The highest BCUT2D eigenvalue weighted by Gasteiger charge is 2.21. The van der Waals surface area contributed by atoms with E-state index in [9.17, 15) is 13.9 Å². The van der Waals surface area contributed by atoms with Crippen molar-refractivity contribution in [2.45, 2.75) is 19.1 Å². The average Bonchev–Trinajstić information content (AvgIpc) is 2.21. The second kappa shape index (κ2) is 4.55. The van der Waals surface area contributed by atoms with Crippen molar-refractivity contribution in [1.29, 1.82) is 0 Å². The molecule has 3 nitrogen and oxygen atoms in total. The molecule has 2 atom stereocenters. The van der Waals surface area contributed by atoms with Crippen molar-refractivity contribution in [1.82, 2.24) is 0 Å². The van der Waals surface area contributed by atoms with Gasteiger partial charge in [-0.1, -0.05) is 0 Å². The lowest BCUT2D eigenvalue weighted by Gasteiger charge is -2.16. The van der Waals surface area contributed by atoms with Crippen LogP contribution in [0.15, 0.2) is 12.1 Å². The van der Waals surface area contributed by atoms with E-state index >= 15 is 0 Å². The van der Waals surface area contributed by atoms with E-state index in [0.717, 1.165) is 0 Å². The molecule has 0 aliphatic rings. The molecule has 1 aromatic rings. The van der Waals surface area contributed by atoms with Crippen LogP contribution < -0.4 is 10.5 Å². The zero-order chi connectivity index (χ0) is 11.6. The lowest BCUT2D eigenvalue weighted by atomic mass is 10.0. The Morgan fingerprint density at radius 1 is 1.33 bits per heavy atom. The lowest BCUT2D eigenvalue weighted by molar-refractivity contribution is 0.147. The van der Waals surface area contributed by atoms with Crippen LogP contribution in [0.5, 0.6) is 5.75 Å². The summed E-state index contributed by atoms with van der Waals surface area (Å²) in [6.45, 7) is 1.51. The number of hydrogen-bond donors (Lipinski definition) is 2. The monoisotopic (exact) mass is 217 g/mol. The van der Waals surface area contributed by atoms with Gasteiger partial charge in [-0.15, -0.1) is 0 Å². The van der Waals surface area contributed by atoms with Crippen LogP contribution in [0.1, 0.15) is 18.6 Å². The summed E-state index contributed by atoms with van der Waals surface area (Å²) >= 11 is 0. The smallest absolute Gasteiger partial charge is 0.200 e. The predicted molar refractivity (Wildman–Crippen MR) is 51.5 cm³/mol. The van der Waals surface area contributed by atoms with Crippen molar-refractivity contribution in [3.63, 3.8) is 0 Å². The van der Waals surface area contributed by atoms with Crippen LogP contribution in [0.25, 0.3) is 0 Å². The highest BCUT2D eigenvalue weighted by atomic mass is 19.2. The first-order valence-electron chi connectivity index (χ1n) is 4.44. The van der Waals surface area contributed by atoms with E-state index < -0.39 is 23.8 Å². The van der Waals surface area contributed by atoms with Crippen LogP contribution in [0, 0.1) is 11.6 Å². The topological polar surface area (TPSA) is 55.5 Å². The second-order valence-corrected chi connectivity index (χ2v) is 3.29. The first-order chi connectivity index (χ1) is 6.99. The molecule has 15 heavy (non-hydrogen) atoms. The Morgan fingerprint density at radius 2 is 1.93 bits per heavy atom. The minimum absolute atomic E-state index is 0.164. The summed E-state index contributed by atoms with van der Waals surface area (Å²) in [4.78, 5) is 0. The third-order valence-electron chi connectivity index (χ3n) is 2.11. The van der Waals surface area contributed by atoms with Gasteiger partial charge in [0.25, 0.3) is 0 Å². The molecule has 0 radical (unpaired) electrons. The van der Waals surface area contributed by atoms with Crippen LogP contribution in [0.3, 0.4) is 0 Å². The van der Waals surface area contributed by atoms with Gasteiger partial charge < -0.3 is 15.6 Å². The predicted octanol–water partition coefficient (Wildman–Crippen LogP) is 1.35. The Bertz CT molecular complexity index is 356. The van der Waals surface area contributed by atoms with Gasteiger partial charge in [0.15, 0.2) is 11.6 Å². The highest BCUT2D eigenvalue weighted by molar-refractivity contribution is 5.32. The van der Waals surface area contributed by atoms with Crippen LogP contribution in [0.4, 0.5) is 8.78 Å².